The SMILES string of the molecule is O=c1n(Cc2ccc(-c3nnc(C(F)F)o3)cc2F)c2cc(C(F)(F)F)ccc2n1C1CCN(C2COC2)CC1. The molecule has 2 aromatic heterocycles. The van der Waals surface area contributed by atoms with Crippen molar-refractivity contribution in [1.29, 1.82) is 0 Å². The van der Waals surface area contributed by atoms with Crippen molar-refractivity contribution >= 4 is 11.0 Å². The van der Waals surface area contributed by atoms with Crippen LogP contribution in [0.2, 0.25) is 0 Å². The first-order valence-electron chi connectivity index (χ1n) is 12.6. The van der Waals surface area contributed by atoms with E-state index < -0.39 is 35.6 Å². The second-order valence-corrected chi connectivity index (χ2v) is 9.95. The van der Waals surface area contributed by atoms with Crippen LogP contribution in [0.1, 0.15) is 42.3 Å². The maximum Gasteiger partial charge on any atom is 0.416 e. The summed E-state index contributed by atoms with van der Waals surface area (Å²) in [4.78, 5) is 16.0. The minimum absolute atomic E-state index is 0.00992. The predicted octanol–water partition coefficient (Wildman–Crippen LogP) is 5.03. The van der Waals surface area contributed by atoms with Crippen molar-refractivity contribution in [3.05, 3.63) is 69.7 Å². The summed E-state index contributed by atoms with van der Waals surface area (Å²) in [6.45, 7) is 2.41. The maximum absolute atomic E-state index is 15.2. The minimum Gasteiger partial charge on any atom is -0.415 e. The lowest BCUT2D eigenvalue weighted by Crippen LogP contribution is -2.52. The zero-order valence-electron chi connectivity index (χ0n) is 20.9. The second-order valence-electron chi connectivity index (χ2n) is 9.95. The molecule has 2 saturated heterocycles. The summed E-state index contributed by atoms with van der Waals surface area (Å²) >= 11 is 0. The van der Waals surface area contributed by atoms with Gasteiger partial charge in [0, 0.05) is 30.3 Å². The standard InChI is InChI=1S/C26H23F6N5O3/c27-19-9-14(23-33-34-24(40-23)22(28)29)1-2-15(19)11-36-21-10-16(26(30,31)32)3-4-20(21)37(25(36)38)17-5-7-35(8-6-17)18-12-39-13-18/h1-4,9-10,17-18,22H,5-8,11-13H2. The van der Waals surface area contributed by atoms with E-state index in [0.29, 0.717) is 37.6 Å². The molecule has 0 saturated carbocycles. The molecule has 2 fully saturated rings. The Bertz CT molecular complexity index is 1600. The van der Waals surface area contributed by atoms with Crippen LogP contribution >= 0.6 is 0 Å². The summed E-state index contributed by atoms with van der Waals surface area (Å²) in [7, 11) is 0. The van der Waals surface area contributed by atoms with Crippen LogP contribution < -0.4 is 5.69 Å². The van der Waals surface area contributed by atoms with Gasteiger partial charge in [0.1, 0.15) is 5.82 Å². The molecule has 0 unspecified atom stereocenters. The van der Waals surface area contributed by atoms with Crippen molar-refractivity contribution in [3.63, 3.8) is 0 Å². The van der Waals surface area contributed by atoms with Crippen LogP contribution in [0, 0.1) is 5.82 Å². The van der Waals surface area contributed by atoms with E-state index in [4.69, 9.17) is 9.15 Å². The quantitative estimate of drug-likeness (QED) is 0.304. The fraction of sp³-hybridized carbons (Fsp3) is 0.423. The van der Waals surface area contributed by atoms with E-state index in [1.807, 2.05) is 0 Å². The third-order valence-electron chi connectivity index (χ3n) is 7.55. The van der Waals surface area contributed by atoms with E-state index in [0.717, 1.165) is 35.9 Å². The number of hydrogen-bond acceptors (Lipinski definition) is 6. The number of imidazole rings is 1. The molecule has 0 bridgehead atoms. The van der Waals surface area contributed by atoms with Crippen molar-refractivity contribution < 1.29 is 35.5 Å². The smallest absolute Gasteiger partial charge is 0.415 e. The van der Waals surface area contributed by atoms with Gasteiger partial charge < -0.3 is 9.15 Å². The average molecular weight is 567 g/mol. The second kappa shape index (κ2) is 10.1. The predicted molar refractivity (Wildman–Crippen MR) is 129 cm³/mol. The topological polar surface area (TPSA) is 78.3 Å². The molecular formula is C26H23F6N5O3. The van der Waals surface area contributed by atoms with E-state index >= 15 is 4.39 Å². The Hall–Kier alpha value is -3.65. The number of aromatic nitrogens is 4. The van der Waals surface area contributed by atoms with Gasteiger partial charge in [-0.3, -0.25) is 14.0 Å². The fourth-order valence-corrected chi connectivity index (χ4v) is 5.32. The summed E-state index contributed by atoms with van der Waals surface area (Å²) in [6, 6.07) is 6.89. The molecule has 6 rings (SSSR count). The van der Waals surface area contributed by atoms with Gasteiger partial charge in [-0.25, -0.2) is 9.18 Å². The van der Waals surface area contributed by atoms with Crippen LogP contribution in [0.4, 0.5) is 26.3 Å². The first-order chi connectivity index (χ1) is 19.1. The molecule has 0 radical (unpaired) electrons. The highest BCUT2D eigenvalue weighted by Crippen LogP contribution is 2.34. The molecule has 2 aliphatic heterocycles. The lowest BCUT2D eigenvalue weighted by Gasteiger charge is -2.41. The Morgan fingerprint density at radius 3 is 2.33 bits per heavy atom. The van der Waals surface area contributed by atoms with Crippen molar-refractivity contribution in [1.82, 2.24) is 24.2 Å². The molecular weight excluding hydrogens is 544 g/mol. The highest BCUT2D eigenvalue weighted by molar-refractivity contribution is 5.77. The Morgan fingerprint density at radius 1 is 0.975 bits per heavy atom. The molecule has 212 valence electrons. The number of benzene rings is 2. The number of ether oxygens (including phenoxy) is 1. The van der Waals surface area contributed by atoms with Crippen LogP contribution in [-0.4, -0.2) is 56.6 Å². The molecule has 2 aromatic carbocycles. The first-order valence-corrected chi connectivity index (χ1v) is 12.6. The van der Waals surface area contributed by atoms with Gasteiger partial charge in [0.15, 0.2) is 0 Å². The summed E-state index contributed by atoms with van der Waals surface area (Å²) in [5, 5.41) is 6.71. The van der Waals surface area contributed by atoms with Gasteiger partial charge in [-0.15, -0.1) is 10.2 Å². The monoisotopic (exact) mass is 567 g/mol. The van der Waals surface area contributed by atoms with Crippen LogP contribution in [0.3, 0.4) is 0 Å². The molecule has 0 N–H and O–H groups in total. The summed E-state index contributed by atoms with van der Waals surface area (Å²) in [5.74, 6) is -2.04. The molecule has 14 heteroatoms. The van der Waals surface area contributed by atoms with Crippen molar-refractivity contribution in [2.24, 2.45) is 0 Å². The highest BCUT2D eigenvalue weighted by atomic mass is 19.4. The number of halogens is 6. The molecule has 0 spiro atoms. The van der Waals surface area contributed by atoms with Crippen LogP contribution in [0.25, 0.3) is 22.5 Å². The summed E-state index contributed by atoms with van der Waals surface area (Å²) in [5.41, 5.74) is -1.04. The number of hydrogen-bond donors (Lipinski definition) is 0. The minimum atomic E-state index is -4.64. The number of rotatable bonds is 6. The highest BCUT2D eigenvalue weighted by Gasteiger charge is 2.34. The summed E-state index contributed by atoms with van der Waals surface area (Å²) < 4.78 is 94.2. The number of piperidine rings is 1. The molecule has 40 heavy (non-hydrogen) atoms. The van der Waals surface area contributed by atoms with Crippen molar-refractivity contribution in [2.45, 2.75) is 44.1 Å². The third-order valence-corrected chi connectivity index (χ3v) is 7.55. The molecule has 8 nitrogen and oxygen atoms in total. The van der Waals surface area contributed by atoms with Crippen LogP contribution in [-0.2, 0) is 17.5 Å². The lowest BCUT2D eigenvalue weighted by atomic mass is 10.0. The zero-order valence-corrected chi connectivity index (χ0v) is 20.9. The van der Waals surface area contributed by atoms with E-state index in [9.17, 15) is 26.7 Å². The van der Waals surface area contributed by atoms with Crippen molar-refractivity contribution in [3.8, 4) is 11.5 Å². The molecule has 2 aliphatic rings. The van der Waals surface area contributed by atoms with Gasteiger partial charge in [-0.1, -0.05) is 6.07 Å². The van der Waals surface area contributed by atoms with Crippen LogP contribution in [0.5, 0.6) is 0 Å². The number of nitrogens with zero attached hydrogens (tertiary/aromatic N) is 5. The Morgan fingerprint density at radius 2 is 1.73 bits per heavy atom. The third kappa shape index (κ3) is 4.79. The number of likely N-dealkylation sites (tertiary alicyclic amines) is 1. The molecule has 4 heterocycles. The van der Waals surface area contributed by atoms with E-state index in [-0.39, 0.29) is 35.1 Å². The van der Waals surface area contributed by atoms with E-state index in [2.05, 4.69) is 15.1 Å². The van der Waals surface area contributed by atoms with E-state index in [1.165, 1.54) is 22.8 Å². The van der Waals surface area contributed by atoms with Gasteiger partial charge in [0.05, 0.1) is 42.4 Å². The molecule has 4 aromatic rings. The Labute approximate surface area is 222 Å². The van der Waals surface area contributed by atoms with Crippen LogP contribution in [0.15, 0.2) is 45.6 Å². The average Bonchev–Trinajstić information content (AvgIpc) is 3.48. The lowest BCUT2D eigenvalue weighted by molar-refractivity contribution is -0.137. The van der Waals surface area contributed by atoms with Gasteiger partial charge >= 0.3 is 18.3 Å². The van der Waals surface area contributed by atoms with Gasteiger partial charge in [0.25, 0.3) is 5.89 Å². The largest absolute Gasteiger partial charge is 0.416 e. The normalized spacial score (nSPS) is 17.7. The van der Waals surface area contributed by atoms with Gasteiger partial charge in [0.2, 0.25) is 5.89 Å². The first kappa shape index (κ1) is 26.6. The molecule has 0 amide bonds. The Balaban J connectivity index is 1.35. The Kier molecular flexibility index (Phi) is 6.69. The van der Waals surface area contributed by atoms with Gasteiger partial charge in [-0.05, 0) is 43.2 Å². The summed E-state index contributed by atoms with van der Waals surface area (Å²) in [6.07, 6.45) is -6.37. The van der Waals surface area contributed by atoms with Crippen molar-refractivity contribution in [2.75, 3.05) is 26.3 Å². The molecule has 0 aliphatic carbocycles. The molecule has 0 atom stereocenters. The fourth-order valence-electron chi connectivity index (χ4n) is 5.32. The zero-order chi connectivity index (χ0) is 28.2. The number of alkyl halides is 5. The number of fused-ring (bicyclic) bond motifs is 1. The van der Waals surface area contributed by atoms with E-state index in [1.54, 1.807) is 0 Å². The maximum atomic E-state index is 15.2. The van der Waals surface area contributed by atoms with Gasteiger partial charge in [-0.2, -0.15) is 22.0 Å².